The van der Waals surface area contributed by atoms with E-state index in [9.17, 15) is 4.79 Å². The lowest BCUT2D eigenvalue weighted by Gasteiger charge is -2.12. The van der Waals surface area contributed by atoms with Gasteiger partial charge in [-0.1, -0.05) is 25.1 Å². The van der Waals surface area contributed by atoms with Crippen molar-refractivity contribution < 1.29 is 4.79 Å². The molecule has 0 aliphatic heterocycles. The summed E-state index contributed by atoms with van der Waals surface area (Å²) in [6.07, 6.45) is 7.50. The highest BCUT2D eigenvalue weighted by molar-refractivity contribution is 6.04. The Kier molecular flexibility index (Phi) is 5.93. The van der Waals surface area contributed by atoms with Crippen LogP contribution in [0.5, 0.6) is 0 Å². The second-order valence-corrected chi connectivity index (χ2v) is 7.05. The number of amides is 1. The second kappa shape index (κ2) is 9.13. The maximum atomic E-state index is 12.6. The van der Waals surface area contributed by atoms with E-state index in [2.05, 4.69) is 37.5 Å². The van der Waals surface area contributed by atoms with Gasteiger partial charge in [-0.3, -0.25) is 4.79 Å². The standard InChI is InChI=1S/C24H22N6O/c1-3-17-5-7-18(8-6-17)23(31)28-20-9-4-16(2)22(12-20)30-24-27-11-10-21(29-24)19-13-25-15-26-14-19/h4-15H,3H2,1-2H3,(H,28,31)(H,27,29,30). The van der Waals surface area contributed by atoms with Crippen LogP contribution in [0.2, 0.25) is 0 Å². The molecule has 0 saturated heterocycles. The summed E-state index contributed by atoms with van der Waals surface area (Å²) in [6.45, 7) is 4.06. The van der Waals surface area contributed by atoms with Crippen molar-refractivity contribution in [3.8, 4) is 11.3 Å². The molecule has 0 atom stereocenters. The van der Waals surface area contributed by atoms with Crippen LogP contribution in [-0.4, -0.2) is 25.8 Å². The summed E-state index contributed by atoms with van der Waals surface area (Å²) >= 11 is 0. The van der Waals surface area contributed by atoms with Crippen LogP contribution in [-0.2, 0) is 6.42 Å². The third kappa shape index (κ3) is 4.90. The van der Waals surface area contributed by atoms with Crippen LogP contribution < -0.4 is 10.6 Å². The lowest BCUT2D eigenvalue weighted by atomic mass is 10.1. The molecule has 0 fully saturated rings. The summed E-state index contributed by atoms with van der Waals surface area (Å²) in [5.41, 5.74) is 5.83. The molecule has 0 bridgehead atoms. The Morgan fingerprint density at radius 2 is 1.77 bits per heavy atom. The largest absolute Gasteiger partial charge is 0.324 e. The SMILES string of the molecule is CCc1ccc(C(=O)Nc2ccc(C)c(Nc3nccc(-c4cncnc4)n3)c2)cc1. The third-order valence-corrected chi connectivity index (χ3v) is 4.88. The molecule has 0 aliphatic rings. The van der Waals surface area contributed by atoms with Gasteiger partial charge in [0.2, 0.25) is 5.95 Å². The number of carbonyl (C=O) groups excluding carboxylic acids is 1. The maximum Gasteiger partial charge on any atom is 0.255 e. The van der Waals surface area contributed by atoms with E-state index < -0.39 is 0 Å². The Morgan fingerprint density at radius 3 is 2.52 bits per heavy atom. The van der Waals surface area contributed by atoms with Crippen LogP contribution >= 0.6 is 0 Å². The van der Waals surface area contributed by atoms with Crippen molar-refractivity contribution in [2.45, 2.75) is 20.3 Å². The van der Waals surface area contributed by atoms with Gasteiger partial charge >= 0.3 is 0 Å². The molecule has 0 aliphatic carbocycles. The number of rotatable bonds is 6. The zero-order valence-corrected chi connectivity index (χ0v) is 17.3. The second-order valence-electron chi connectivity index (χ2n) is 7.05. The van der Waals surface area contributed by atoms with Crippen LogP contribution in [0, 0.1) is 6.92 Å². The number of nitrogens with one attached hydrogen (secondary N) is 2. The molecule has 4 aromatic rings. The van der Waals surface area contributed by atoms with Gasteiger partial charge in [0, 0.05) is 41.1 Å². The first kappa shape index (κ1) is 20.2. The number of hydrogen-bond acceptors (Lipinski definition) is 6. The lowest BCUT2D eigenvalue weighted by molar-refractivity contribution is 0.102. The predicted octanol–water partition coefficient (Wildman–Crippen LogP) is 4.80. The third-order valence-electron chi connectivity index (χ3n) is 4.88. The Morgan fingerprint density at radius 1 is 1.00 bits per heavy atom. The zero-order chi connectivity index (χ0) is 21.6. The first-order valence-corrected chi connectivity index (χ1v) is 9.99. The molecule has 7 heteroatoms. The van der Waals surface area contributed by atoms with E-state index in [-0.39, 0.29) is 5.91 Å². The first-order valence-electron chi connectivity index (χ1n) is 9.99. The fraction of sp³-hybridized carbons (Fsp3) is 0.125. The van der Waals surface area contributed by atoms with Crippen molar-refractivity contribution in [3.63, 3.8) is 0 Å². The Hall–Kier alpha value is -4.13. The van der Waals surface area contributed by atoms with Crippen LogP contribution in [0.15, 0.2) is 73.4 Å². The molecular formula is C24H22N6O. The van der Waals surface area contributed by atoms with Gasteiger partial charge in [0.15, 0.2) is 0 Å². The number of anilines is 3. The van der Waals surface area contributed by atoms with E-state index in [1.165, 1.54) is 11.9 Å². The van der Waals surface area contributed by atoms with Gasteiger partial charge in [-0.05, 0) is 54.8 Å². The molecule has 2 N–H and O–H groups in total. The highest BCUT2D eigenvalue weighted by atomic mass is 16.1. The summed E-state index contributed by atoms with van der Waals surface area (Å²) in [5, 5.41) is 6.19. The highest BCUT2D eigenvalue weighted by Crippen LogP contribution is 2.24. The summed E-state index contributed by atoms with van der Waals surface area (Å²) in [7, 11) is 0. The lowest BCUT2D eigenvalue weighted by Crippen LogP contribution is -2.12. The van der Waals surface area contributed by atoms with Crippen molar-refractivity contribution in [3.05, 3.63) is 90.1 Å². The van der Waals surface area contributed by atoms with Crippen molar-refractivity contribution >= 4 is 23.2 Å². The van der Waals surface area contributed by atoms with E-state index >= 15 is 0 Å². The Balaban J connectivity index is 1.52. The predicted molar refractivity (Wildman–Crippen MR) is 121 cm³/mol. The van der Waals surface area contributed by atoms with Crippen molar-refractivity contribution in [2.75, 3.05) is 10.6 Å². The molecule has 4 rings (SSSR count). The van der Waals surface area contributed by atoms with Gasteiger partial charge < -0.3 is 10.6 Å². The molecule has 1 amide bonds. The molecule has 0 saturated carbocycles. The number of hydrogen-bond donors (Lipinski definition) is 2. The Labute approximate surface area is 180 Å². The number of benzene rings is 2. The molecule has 2 aromatic carbocycles. The highest BCUT2D eigenvalue weighted by Gasteiger charge is 2.09. The van der Waals surface area contributed by atoms with Crippen LogP contribution in [0.3, 0.4) is 0 Å². The fourth-order valence-electron chi connectivity index (χ4n) is 3.06. The van der Waals surface area contributed by atoms with E-state index in [0.29, 0.717) is 17.2 Å². The van der Waals surface area contributed by atoms with Gasteiger partial charge in [-0.25, -0.2) is 19.9 Å². The van der Waals surface area contributed by atoms with Crippen LogP contribution in [0.1, 0.15) is 28.4 Å². The molecule has 0 unspecified atom stereocenters. The van der Waals surface area contributed by atoms with E-state index in [1.54, 1.807) is 24.7 Å². The molecule has 31 heavy (non-hydrogen) atoms. The maximum absolute atomic E-state index is 12.6. The fourth-order valence-corrected chi connectivity index (χ4v) is 3.06. The molecule has 2 heterocycles. The van der Waals surface area contributed by atoms with Crippen molar-refractivity contribution in [2.24, 2.45) is 0 Å². The average Bonchev–Trinajstić information content (AvgIpc) is 2.82. The average molecular weight is 410 g/mol. The monoisotopic (exact) mass is 410 g/mol. The van der Waals surface area contributed by atoms with Crippen LogP contribution in [0.4, 0.5) is 17.3 Å². The molecular weight excluding hydrogens is 388 g/mol. The molecule has 0 radical (unpaired) electrons. The topological polar surface area (TPSA) is 92.7 Å². The quantitative estimate of drug-likeness (QED) is 0.474. The molecule has 7 nitrogen and oxygen atoms in total. The van der Waals surface area contributed by atoms with Gasteiger partial charge in [-0.15, -0.1) is 0 Å². The van der Waals surface area contributed by atoms with E-state index in [1.807, 2.05) is 49.4 Å². The summed E-state index contributed by atoms with van der Waals surface area (Å²) < 4.78 is 0. The van der Waals surface area contributed by atoms with Crippen molar-refractivity contribution in [1.82, 2.24) is 19.9 Å². The first-order chi connectivity index (χ1) is 15.1. The minimum Gasteiger partial charge on any atom is -0.324 e. The minimum absolute atomic E-state index is 0.153. The summed E-state index contributed by atoms with van der Waals surface area (Å²) in [5.74, 6) is 0.294. The molecule has 0 spiro atoms. The molecule has 154 valence electrons. The molecule has 2 aromatic heterocycles. The summed E-state index contributed by atoms with van der Waals surface area (Å²) in [4.78, 5) is 29.5. The zero-order valence-electron chi connectivity index (χ0n) is 17.3. The number of nitrogens with zero attached hydrogens (tertiary/aromatic N) is 4. The number of carbonyl (C=O) groups is 1. The van der Waals surface area contributed by atoms with Gasteiger partial charge in [0.05, 0.1) is 5.69 Å². The summed E-state index contributed by atoms with van der Waals surface area (Å²) in [6, 6.07) is 15.1. The van der Waals surface area contributed by atoms with E-state index in [4.69, 9.17) is 0 Å². The van der Waals surface area contributed by atoms with Gasteiger partial charge in [0.25, 0.3) is 5.91 Å². The van der Waals surface area contributed by atoms with Gasteiger partial charge in [0.1, 0.15) is 6.33 Å². The normalized spacial score (nSPS) is 10.5. The van der Waals surface area contributed by atoms with Crippen LogP contribution in [0.25, 0.3) is 11.3 Å². The Bertz CT molecular complexity index is 1190. The number of aromatic nitrogens is 4. The number of aryl methyl sites for hydroxylation is 2. The van der Waals surface area contributed by atoms with Crippen molar-refractivity contribution in [1.29, 1.82) is 0 Å². The van der Waals surface area contributed by atoms with Gasteiger partial charge in [-0.2, -0.15) is 0 Å². The smallest absolute Gasteiger partial charge is 0.255 e. The minimum atomic E-state index is -0.153. The van der Waals surface area contributed by atoms with E-state index in [0.717, 1.165) is 28.9 Å².